The summed E-state index contributed by atoms with van der Waals surface area (Å²) in [5.41, 5.74) is 4.64. The number of aryl methyl sites for hydroxylation is 1. The number of rotatable bonds is 6. The van der Waals surface area contributed by atoms with E-state index in [1.165, 1.54) is 11.1 Å². The summed E-state index contributed by atoms with van der Waals surface area (Å²) in [6, 6.07) is 14.5. The lowest BCUT2D eigenvalue weighted by Crippen LogP contribution is -1.91. The van der Waals surface area contributed by atoms with Crippen LogP contribution in [-0.4, -0.2) is 4.98 Å². The largest absolute Gasteiger partial charge is 0.261 e. The van der Waals surface area contributed by atoms with Crippen LogP contribution in [0.25, 0.3) is 11.1 Å². The second-order valence-electron chi connectivity index (χ2n) is 4.59. The molecule has 0 unspecified atom stereocenters. The summed E-state index contributed by atoms with van der Waals surface area (Å²) >= 11 is 0. The second kappa shape index (κ2) is 7.25. The molecular weight excluding hydrogens is 242 g/mol. The molecule has 0 radical (unpaired) electrons. The molecule has 0 saturated carbocycles. The lowest BCUT2D eigenvalue weighted by Gasteiger charge is -2.04. The van der Waals surface area contributed by atoms with Crippen molar-refractivity contribution in [3.05, 3.63) is 91.3 Å². The third-order valence-electron chi connectivity index (χ3n) is 3.20. The van der Waals surface area contributed by atoms with E-state index in [0.29, 0.717) is 0 Å². The Bertz CT molecular complexity index is 591. The van der Waals surface area contributed by atoms with Crippen molar-refractivity contribution < 1.29 is 0 Å². The summed E-state index contributed by atoms with van der Waals surface area (Å²) in [7, 11) is 0. The number of pyridine rings is 1. The SMILES string of the molecule is C=C/C=C(\C=C)CCc1ccc(-c2ccccc2)cn1. The first-order valence-corrected chi connectivity index (χ1v) is 6.78. The zero-order valence-electron chi connectivity index (χ0n) is 11.6. The minimum Gasteiger partial charge on any atom is -0.261 e. The molecule has 2 rings (SSSR count). The van der Waals surface area contributed by atoms with Crippen LogP contribution in [0.15, 0.2) is 85.6 Å². The van der Waals surface area contributed by atoms with E-state index in [1.807, 2.05) is 36.5 Å². The van der Waals surface area contributed by atoms with Crippen LogP contribution < -0.4 is 0 Å². The smallest absolute Gasteiger partial charge is 0.0407 e. The first kappa shape index (κ1) is 14.0. The summed E-state index contributed by atoms with van der Waals surface area (Å²) < 4.78 is 0. The van der Waals surface area contributed by atoms with Crippen LogP contribution in [0.1, 0.15) is 12.1 Å². The van der Waals surface area contributed by atoms with Gasteiger partial charge in [-0.1, -0.05) is 67.8 Å². The molecule has 100 valence electrons. The molecule has 1 heteroatoms. The second-order valence-corrected chi connectivity index (χ2v) is 4.59. The number of benzene rings is 1. The summed E-state index contributed by atoms with van der Waals surface area (Å²) in [5.74, 6) is 0. The fourth-order valence-corrected chi connectivity index (χ4v) is 2.05. The van der Waals surface area contributed by atoms with Crippen LogP contribution in [0.4, 0.5) is 0 Å². The molecule has 2 aromatic rings. The Morgan fingerprint density at radius 2 is 1.80 bits per heavy atom. The molecule has 0 spiro atoms. The van der Waals surface area contributed by atoms with Gasteiger partial charge < -0.3 is 0 Å². The number of nitrogens with zero attached hydrogens (tertiary/aromatic N) is 1. The Hall–Kier alpha value is -2.41. The van der Waals surface area contributed by atoms with Crippen molar-refractivity contribution in [3.63, 3.8) is 0 Å². The molecule has 1 aromatic carbocycles. The van der Waals surface area contributed by atoms with Gasteiger partial charge in [0.25, 0.3) is 0 Å². The van der Waals surface area contributed by atoms with Gasteiger partial charge in [0.1, 0.15) is 0 Å². The molecule has 1 aromatic heterocycles. The van der Waals surface area contributed by atoms with Crippen LogP contribution in [-0.2, 0) is 6.42 Å². The zero-order valence-corrected chi connectivity index (χ0v) is 11.6. The molecule has 0 amide bonds. The summed E-state index contributed by atoms with van der Waals surface area (Å²) in [4.78, 5) is 4.53. The predicted molar refractivity (Wildman–Crippen MR) is 86.5 cm³/mol. The molecule has 0 bridgehead atoms. The first-order chi connectivity index (χ1) is 9.83. The number of hydrogen-bond acceptors (Lipinski definition) is 1. The van der Waals surface area contributed by atoms with Crippen molar-refractivity contribution in [3.8, 4) is 11.1 Å². The highest BCUT2D eigenvalue weighted by molar-refractivity contribution is 5.62. The van der Waals surface area contributed by atoms with Gasteiger partial charge in [-0.3, -0.25) is 4.98 Å². The standard InChI is InChI=1S/C19H19N/c1-3-8-16(4-2)11-13-19-14-12-18(15-20-19)17-9-6-5-7-10-17/h3-10,12,14-15H,1-2,11,13H2/b16-8+. The lowest BCUT2D eigenvalue weighted by atomic mass is 10.1. The van der Waals surface area contributed by atoms with E-state index in [4.69, 9.17) is 0 Å². The van der Waals surface area contributed by atoms with Crippen LogP contribution in [0.2, 0.25) is 0 Å². The maximum absolute atomic E-state index is 4.53. The van der Waals surface area contributed by atoms with Gasteiger partial charge in [-0.25, -0.2) is 0 Å². The molecule has 0 N–H and O–H groups in total. The topological polar surface area (TPSA) is 12.9 Å². The van der Waals surface area contributed by atoms with Gasteiger partial charge in [0.15, 0.2) is 0 Å². The van der Waals surface area contributed by atoms with Crippen LogP contribution in [0, 0.1) is 0 Å². The van der Waals surface area contributed by atoms with E-state index in [1.54, 1.807) is 6.08 Å². The quantitative estimate of drug-likeness (QED) is 0.668. The van der Waals surface area contributed by atoms with Gasteiger partial charge in [-0.2, -0.15) is 0 Å². The molecule has 1 heterocycles. The van der Waals surface area contributed by atoms with E-state index in [9.17, 15) is 0 Å². The monoisotopic (exact) mass is 261 g/mol. The normalized spacial score (nSPS) is 11.1. The fourth-order valence-electron chi connectivity index (χ4n) is 2.05. The highest BCUT2D eigenvalue weighted by atomic mass is 14.7. The molecule has 0 atom stereocenters. The Morgan fingerprint density at radius 1 is 1.00 bits per heavy atom. The summed E-state index contributed by atoms with van der Waals surface area (Å²) in [5, 5.41) is 0. The zero-order chi connectivity index (χ0) is 14.2. The minimum atomic E-state index is 0.917. The molecule has 0 aliphatic carbocycles. The van der Waals surface area contributed by atoms with Crippen molar-refractivity contribution in [2.24, 2.45) is 0 Å². The van der Waals surface area contributed by atoms with Crippen molar-refractivity contribution in [1.82, 2.24) is 4.98 Å². The van der Waals surface area contributed by atoms with Crippen molar-refractivity contribution >= 4 is 0 Å². The summed E-state index contributed by atoms with van der Waals surface area (Å²) in [6.45, 7) is 7.52. The van der Waals surface area contributed by atoms with Gasteiger partial charge in [0.05, 0.1) is 0 Å². The molecule has 0 aliphatic heterocycles. The Balaban J connectivity index is 2.04. The Labute approximate surface area is 121 Å². The molecule has 0 saturated heterocycles. The van der Waals surface area contributed by atoms with Gasteiger partial charge in [0.2, 0.25) is 0 Å². The van der Waals surface area contributed by atoms with E-state index >= 15 is 0 Å². The van der Waals surface area contributed by atoms with Crippen LogP contribution in [0.3, 0.4) is 0 Å². The van der Waals surface area contributed by atoms with Gasteiger partial charge in [-0.15, -0.1) is 0 Å². The Morgan fingerprint density at radius 3 is 2.40 bits per heavy atom. The lowest BCUT2D eigenvalue weighted by molar-refractivity contribution is 0.919. The number of hydrogen-bond donors (Lipinski definition) is 0. The average Bonchev–Trinajstić information content (AvgIpc) is 2.53. The molecule has 0 fully saturated rings. The van der Waals surface area contributed by atoms with Crippen LogP contribution in [0.5, 0.6) is 0 Å². The number of allylic oxidation sites excluding steroid dienone is 4. The maximum atomic E-state index is 4.53. The van der Waals surface area contributed by atoms with E-state index in [-0.39, 0.29) is 0 Å². The maximum Gasteiger partial charge on any atom is 0.0407 e. The van der Waals surface area contributed by atoms with Crippen LogP contribution >= 0.6 is 0 Å². The third-order valence-corrected chi connectivity index (χ3v) is 3.20. The highest BCUT2D eigenvalue weighted by Gasteiger charge is 2.00. The number of aromatic nitrogens is 1. The van der Waals surface area contributed by atoms with E-state index in [0.717, 1.165) is 24.1 Å². The molecule has 1 nitrogen and oxygen atoms in total. The minimum absolute atomic E-state index is 0.917. The highest BCUT2D eigenvalue weighted by Crippen LogP contribution is 2.18. The molecule has 0 aliphatic rings. The van der Waals surface area contributed by atoms with Gasteiger partial charge >= 0.3 is 0 Å². The first-order valence-electron chi connectivity index (χ1n) is 6.78. The van der Waals surface area contributed by atoms with Crippen molar-refractivity contribution in [2.75, 3.05) is 0 Å². The van der Waals surface area contributed by atoms with E-state index in [2.05, 4.69) is 42.4 Å². The van der Waals surface area contributed by atoms with E-state index < -0.39 is 0 Å². The van der Waals surface area contributed by atoms with Gasteiger partial charge in [-0.05, 0) is 30.0 Å². The Kier molecular flexibility index (Phi) is 5.08. The molecular formula is C19H19N. The summed E-state index contributed by atoms with van der Waals surface area (Å²) in [6.07, 6.45) is 9.46. The van der Waals surface area contributed by atoms with Crippen molar-refractivity contribution in [2.45, 2.75) is 12.8 Å². The molecule has 20 heavy (non-hydrogen) atoms. The average molecular weight is 261 g/mol. The fraction of sp³-hybridized carbons (Fsp3) is 0.105. The predicted octanol–water partition coefficient (Wildman–Crippen LogP) is 4.98. The van der Waals surface area contributed by atoms with Crippen molar-refractivity contribution in [1.29, 1.82) is 0 Å². The third kappa shape index (κ3) is 3.79. The van der Waals surface area contributed by atoms with Gasteiger partial charge in [0, 0.05) is 17.5 Å².